The van der Waals surface area contributed by atoms with Gasteiger partial charge in [-0.15, -0.1) is 6.58 Å². The molecule has 2 aromatic carbocycles. The van der Waals surface area contributed by atoms with Gasteiger partial charge < -0.3 is 14.4 Å². The highest BCUT2D eigenvalue weighted by Gasteiger charge is 2.34. The number of carbonyl (C=O) groups is 1. The highest BCUT2D eigenvalue weighted by atomic mass is 19.4. The van der Waals surface area contributed by atoms with E-state index in [1.165, 1.54) is 50.6 Å². The average molecular weight is 438 g/mol. The van der Waals surface area contributed by atoms with Gasteiger partial charge in [0, 0.05) is 22.8 Å². The fourth-order valence-corrected chi connectivity index (χ4v) is 3.10. The van der Waals surface area contributed by atoms with Crippen LogP contribution in [0.25, 0.3) is 0 Å². The van der Waals surface area contributed by atoms with Gasteiger partial charge >= 0.3 is 6.18 Å². The molecule has 0 heterocycles. The molecule has 7 nitrogen and oxygen atoms in total. The summed E-state index contributed by atoms with van der Waals surface area (Å²) in [6.07, 6.45) is -2.88. The van der Waals surface area contributed by atoms with Gasteiger partial charge in [-0.2, -0.15) is 13.2 Å². The zero-order valence-electron chi connectivity index (χ0n) is 16.9. The van der Waals surface area contributed by atoms with Crippen LogP contribution >= 0.6 is 0 Å². The highest BCUT2D eigenvalue weighted by molar-refractivity contribution is 5.95. The normalized spacial score (nSPS) is 11.0. The summed E-state index contributed by atoms with van der Waals surface area (Å²) in [4.78, 5) is 24.1. The smallest absolute Gasteiger partial charge is 0.406 e. The predicted molar refractivity (Wildman–Crippen MR) is 107 cm³/mol. The first-order valence-corrected chi connectivity index (χ1v) is 9.05. The molecule has 0 aromatic heterocycles. The number of hydrogen-bond donors (Lipinski definition) is 0. The summed E-state index contributed by atoms with van der Waals surface area (Å²) in [7, 11) is 2.74. The summed E-state index contributed by atoms with van der Waals surface area (Å²) in [6, 6.07) is 8.01. The van der Waals surface area contributed by atoms with Crippen molar-refractivity contribution in [1.29, 1.82) is 0 Å². The van der Waals surface area contributed by atoms with Gasteiger partial charge in [-0.1, -0.05) is 24.3 Å². The molecule has 0 bridgehead atoms. The van der Waals surface area contributed by atoms with Gasteiger partial charge in [-0.25, -0.2) is 0 Å². The van der Waals surface area contributed by atoms with E-state index in [1.807, 2.05) is 0 Å². The summed E-state index contributed by atoms with van der Waals surface area (Å²) in [5.41, 5.74) is 0.0363. The van der Waals surface area contributed by atoms with Crippen LogP contribution in [0.2, 0.25) is 0 Å². The Morgan fingerprint density at radius 1 is 1.19 bits per heavy atom. The van der Waals surface area contributed by atoms with Crippen LogP contribution in [0.15, 0.2) is 49.1 Å². The van der Waals surface area contributed by atoms with Crippen molar-refractivity contribution in [3.8, 4) is 11.5 Å². The lowest BCUT2D eigenvalue weighted by Gasteiger charge is -2.25. The maximum atomic E-state index is 13.2. The zero-order chi connectivity index (χ0) is 23.2. The molecule has 166 valence electrons. The lowest BCUT2D eigenvalue weighted by Crippen LogP contribution is -2.38. The Morgan fingerprint density at radius 2 is 1.87 bits per heavy atom. The number of methoxy groups -OCH3 is 2. The molecule has 2 rings (SSSR count). The molecule has 0 aliphatic rings. The summed E-state index contributed by atoms with van der Waals surface area (Å²) in [6.45, 7) is 1.45. The first-order chi connectivity index (χ1) is 14.6. The topological polar surface area (TPSA) is 81.9 Å². The van der Waals surface area contributed by atoms with E-state index in [9.17, 15) is 28.1 Å². The number of hydrogen-bond acceptors (Lipinski definition) is 5. The standard InChI is InChI=1S/C21H21F3N2O5/c1-4-7-14-10-16(11-18(30-2)19(14)31-3)20(27)25(13-21(22,23)24)12-15-8-5-6-9-17(15)26(28)29/h4-6,8-11H,1,7,12-13H2,2-3H3. The molecule has 0 aliphatic heterocycles. The van der Waals surface area contributed by atoms with Gasteiger partial charge in [0.05, 0.1) is 25.7 Å². The minimum Gasteiger partial charge on any atom is -0.493 e. The average Bonchev–Trinajstić information content (AvgIpc) is 2.71. The van der Waals surface area contributed by atoms with E-state index in [4.69, 9.17) is 9.47 Å². The van der Waals surface area contributed by atoms with E-state index in [-0.39, 0.29) is 29.0 Å². The number of para-hydroxylation sites is 1. The minimum atomic E-state index is -4.71. The Kier molecular flexibility index (Phi) is 7.62. The van der Waals surface area contributed by atoms with Crippen LogP contribution in [-0.4, -0.2) is 42.7 Å². The highest BCUT2D eigenvalue weighted by Crippen LogP contribution is 2.34. The number of rotatable bonds is 9. The number of halogens is 3. The van der Waals surface area contributed by atoms with Crippen molar-refractivity contribution < 1.29 is 32.4 Å². The number of ether oxygens (including phenoxy) is 2. The Morgan fingerprint density at radius 3 is 2.42 bits per heavy atom. The van der Waals surface area contributed by atoms with E-state index in [1.54, 1.807) is 6.08 Å². The molecule has 0 fully saturated rings. The summed E-state index contributed by atoms with van der Waals surface area (Å²) < 4.78 is 50.2. The number of alkyl halides is 3. The van der Waals surface area contributed by atoms with E-state index >= 15 is 0 Å². The minimum absolute atomic E-state index is 0.0168. The summed E-state index contributed by atoms with van der Waals surface area (Å²) in [5.74, 6) is -0.454. The molecule has 0 unspecified atom stereocenters. The molecule has 0 aliphatic carbocycles. The number of nitrogens with zero attached hydrogens (tertiary/aromatic N) is 2. The number of amides is 1. The molecule has 0 saturated carbocycles. The first kappa shape index (κ1) is 23.7. The monoisotopic (exact) mass is 438 g/mol. The van der Waals surface area contributed by atoms with Gasteiger partial charge in [-0.3, -0.25) is 14.9 Å². The van der Waals surface area contributed by atoms with Crippen molar-refractivity contribution in [1.82, 2.24) is 4.90 Å². The molecule has 31 heavy (non-hydrogen) atoms. The lowest BCUT2D eigenvalue weighted by molar-refractivity contribution is -0.385. The second-order valence-electron chi connectivity index (χ2n) is 6.53. The molecule has 2 aromatic rings. The second-order valence-corrected chi connectivity index (χ2v) is 6.53. The first-order valence-electron chi connectivity index (χ1n) is 9.05. The number of nitro groups is 1. The van der Waals surface area contributed by atoms with Crippen molar-refractivity contribution in [3.63, 3.8) is 0 Å². The molecular weight excluding hydrogens is 417 g/mol. The van der Waals surface area contributed by atoms with E-state index < -0.39 is 30.1 Å². The van der Waals surface area contributed by atoms with Crippen LogP contribution in [0, 0.1) is 10.1 Å². The summed E-state index contributed by atoms with van der Waals surface area (Å²) >= 11 is 0. The van der Waals surface area contributed by atoms with Crippen LogP contribution in [0.5, 0.6) is 11.5 Å². The Labute approximate surface area is 176 Å². The maximum Gasteiger partial charge on any atom is 0.406 e. The van der Waals surface area contributed by atoms with E-state index in [0.29, 0.717) is 16.2 Å². The summed E-state index contributed by atoms with van der Waals surface area (Å²) in [5, 5.41) is 11.2. The molecule has 10 heteroatoms. The third-order valence-electron chi connectivity index (χ3n) is 4.37. The SMILES string of the molecule is C=CCc1cc(C(=O)N(Cc2ccccc2[N+](=O)[O-])CC(F)(F)F)cc(OC)c1OC. The molecule has 0 saturated heterocycles. The van der Waals surface area contributed by atoms with Crippen molar-refractivity contribution >= 4 is 11.6 Å². The Balaban J connectivity index is 2.53. The van der Waals surface area contributed by atoms with Crippen LogP contribution in [0.1, 0.15) is 21.5 Å². The quantitative estimate of drug-likeness (QED) is 0.326. The number of nitro benzene ring substituents is 1. The lowest BCUT2D eigenvalue weighted by atomic mass is 10.0. The maximum absolute atomic E-state index is 13.2. The van der Waals surface area contributed by atoms with Crippen molar-refractivity contribution in [2.75, 3.05) is 20.8 Å². The molecule has 0 radical (unpaired) electrons. The van der Waals surface area contributed by atoms with E-state index in [0.717, 1.165) is 0 Å². The predicted octanol–water partition coefficient (Wildman–Crippen LogP) is 4.55. The van der Waals surface area contributed by atoms with Crippen molar-refractivity contribution in [2.24, 2.45) is 0 Å². The van der Waals surface area contributed by atoms with Gasteiger partial charge in [0.25, 0.3) is 11.6 Å². The van der Waals surface area contributed by atoms with Gasteiger partial charge in [0.1, 0.15) is 6.54 Å². The van der Waals surface area contributed by atoms with Crippen LogP contribution in [-0.2, 0) is 13.0 Å². The van der Waals surface area contributed by atoms with E-state index in [2.05, 4.69) is 6.58 Å². The Bertz CT molecular complexity index is 976. The fourth-order valence-electron chi connectivity index (χ4n) is 3.10. The number of allylic oxidation sites excluding steroid dienone is 1. The number of benzene rings is 2. The third kappa shape index (κ3) is 5.97. The van der Waals surface area contributed by atoms with Crippen LogP contribution in [0.4, 0.5) is 18.9 Å². The van der Waals surface area contributed by atoms with Crippen LogP contribution in [0.3, 0.4) is 0 Å². The van der Waals surface area contributed by atoms with Gasteiger partial charge in [-0.05, 0) is 18.6 Å². The van der Waals surface area contributed by atoms with Gasteiger partial charge in [0.15, 0.2) is 11.5 Å². The molecule has 0 atom stereocenters. The molecule has 0 spiro atoms. The number of carbonyl (C=O) groups excluding carboxylic acids is 1. The fraction of sp³-hybridized carbons (Fsp3) is 0.286. The van der Waals surface area contributed by atoms with Crippen molar-refractivity contribution in [2.45, 2.75) is 19.1 Å². The van der Waals surface area contributed by atoms with Crippen molar-refractivity contribution in [3.05, 3.63) is 75.9 Å². The molecule has 1 amide bonds. The molecular formula is C21H21F3N2O5. The Hall–Kier alpha value is -3.56. The molecule has 0 N–H and O–H groups in total. The largest absolute Gasteiger partial charge is 0.493 e. The van der Waals surface area contributed by atoms with Crippen LogP contribution < -0.4 is 9.47 Å². The third-order valence-corrected chi connectivity index (χ3v) is 4.37. The van der Waals surface area contributed by atoms with Gasteiger partial charge in [0.2, 0.25) is 0 Å². The zero-order valence-corrected chi connectivity index (χ0v) is 16.9. The second kappa shape index (κ2) is 9.96.